The lowest BCUT2D eigenvalue weighted by molar-refractivity contribution is -0.141. The number of anilines is 1. The van der Waals surface area contributed by atoms with Crippen molar-refractivity contribution in [1.82, 2.24) is 4.57 Å². The van der Waals surface area contributed by atoms with Crippen LogP contribution in [0.3, 0.4) is 0 Å². The molecule has 0 spiro atoms. The minimum Gasteiger partial charge on any atom is -0.468 e. The van der Waals surface area contributed by atoms with E-state index in [0.29, 0.717) is 5.69 Å². The van der Waals surface area contributed by atoms with Crippen LogP contribution >= 0.6 is 0 Å². The summed E-state index contributed by atoms with van der Waals surface area (Å²) in [6.07, 6.45) is 2.85. The highest BCUT2D eigenvalue weighted by atomic mass is 32.2. The summed E-state index contributed by atoms with van der Waals surface area (Å²) in [7, 11) is -1.96. The van der Waals surface area contributed by atoms with E-state index in [0.717, 1.165) is 17.2 Å². The number of nitrogens with one attached hydrogen (secondary N) is 1. The van der Waals surface area contributed by atoms with Gasteiger partial charge in [0.1, 0.15) is 6.54 Å². The van der Waals surface area contributed by atoms with Gasteiger partial charge < -0.3 is 9.30 Å². The Morgan fingerprint density at radius 2 is 2.11 bits per heavy atom. The molecule has 2 rings (SSSR count). The lowest BCUT2D eigenvalue weighted by Crippen LogP contribution is -2.11. The number of carbonyl (C=O) groups excluding carboxylic acids is 1. The van der Waals surface area contributed by atoms with Crippen molar-refractivity contribution in [3.05, 3.63) is 30.5 Å². The molecule has 0 aliphatic carbocycles. The summed E-state index contributed by atoms with van der Waals surface area (Å²) in [4.78, 5) is 11.2. The van der Waals surface area contributed by atoms with Gasteiger partial charge in [-0.2, -0.15) is 0 Å². The highest BCUT2D eigenvalue weighted by molar-refractivity contribution is 7.92. The Kier molecular flexibility index (Phi) is 3.48. The molecular formula is C12H14N2O4S. The summed E-state index contributed by atoms with van der Waals surface area (Å²) in [6, 6.07) is 6.93. The number of ether oxygens (including phenoxy) is 1. The Balaban J connectivity index is 2.34. The van der Waals surface area contributed by atoms with Crippen molar-refractivity contribution >= 4 is 32.6 Å². The van der Waals surface area contributed by atoms with Gasteiger partial charge >= 0.3 is 5.97 Å². The number of aromatic nitrogens is 1. The molecule has 0 radical (unpaired) electrons. The SMILES string of the molecule is COC(=O)Cn1ccc2cc(NS(C)(=O)=O)ccc21. The smallest absolute Gasteiger partial charge is 0.325 e. The summed E-state index contributed by atoms with van der Waals surface area (Å²) in [6.45, 7) is 0.124. The lowest BCUT2D eigenvalue weighted by Gasteiger charge is -2.06. The molecule has 0 fully saturated rings. The van der Waals surface area contributed by atoms with Gasteiger partial charge in [0.25, 0.3) is 0 Å². The average molecular weight is 282 g/mol. The number of rotatable bonds is 4. The number of hydrogen-bond donors (Lipinski definition) is 1. The van der Waals surface area contributed by atoms with Gasteiger partial charge in [0.2, 0.25) is 10.0 Å². The second-order valence-electron chi connectivity index (χ2n) is 4.17. The molecule has 0 saturated carbocycles. The van der Waals surface area contributed by atoms with E-state index in [9.17, 15) is 13.2 Å². The first-order chi connectivity index (χ1) is 8.89. The summed E-state index contributed by atoms with van der Waals surface area (Å²) < 4.78 is 31.1. The second kappa shape index (κ2) is 4.93. The zero-order chi connectivity index (χ0) is 14.0. The molecule has 0 unspecified atom stereocenters. The van der Waals surface area contributed by atoms with Crippen molar-refractivity contribution in [3.8, 4) is 0 Å². The normalized spacial score (nSPS) is 11.5. The molecule has 1 N–H and O–H groups in total. The highest BCUT2D eigenvalue weighted by Gasteiger charge is 2.08. The monoisotopic (exact) mass is 282 g/mol. The minimum absolute atomic E-state index is 0.124. The Morgan fingerprint density at radius 1 is 1.37 bits per heavy atom. The van der Waals surface area contributed by atoms with E-state index in [4.69, 9.17) is 0 Å². The topological polar surface area (TPSA) is 77.4 Å². The Labute approximate surface area is 111 Å². The van der Waals surface area contributed by atoms with Crippen molar-refractivity contribution in [2.45, 2.75) is 6.54 Å². The maximum Gasteiger partial charge on any atom is 0.325 e. The third-order valence-corrected chi connectivity index (χ3v) is 3.21. The van der Waals surface area contributed by atoms with Crippen LogP contribution in [-0.4, -0.2) is 32.3 Å². The lowest BCUT2D eigenvalue weighted by atomic mass is 10.2. The molecule has 1 heterocycles. The van der Waals surface area contributed by atoms with Gasteiger partial charge in [0.15, 0.2) is 0 Å². The van der Waals surface area contributed by atoms with Crippen LogP contribution in [0.2, 0.25) is 0 Å². The molecule has 1 aromatic carbocycles. The fourth-order valence-corrected chi connectivity index (χ4v) is 2.37. The molecule has 2 aromatic rings. The van der Waals surface area contributed by atoms with Crippen molar-refractivity contribution in [1.29, 1.82) is 0 Å². The Bertz CT molecular complexity index is 718. The summed E-state index contributed by atoms with van der Waals surface area (Å²) in [5, 5.41) is 0.845. The zero-order valence-corrected chi connectivity index (χ0v) is 11.4. The molecule has 0 saturated heterocycles. The molecule has 7 heteroatoms. The molecule has 1 aromatic heterocycles. The number of benzene rings is 1. The zero-order valence-electron chi connectivity index (χ0n) is 10.6. The van der Waals surface area contributed by atoms with Crippen LogP contribution in [0.4, 0.5) is 5.69 Å². The molecule has 0 aliphatic rings. The van der Waals surface area contributed by atoms with Crippen LogP contribution in [0.25, 0.3) is 10.9 Å². The van der Waals surface area contributed by atoms with Gasteiger partial charge in [-0.15, -0.1) is 0 Å². The predicted octanol–water partition coefficient (Wildman–Crippen LogP) is 1.19. The predicted molar refractivity (Wildman–Crippen MR) is 72.4 cm³/mol. The summed E-state index contributed by atoms with van der Waals surface area (Å²) in [5.41, 5.74) is 1.33. The fraction of sp³-hybridized carbons (Fsp3) is 0.250. The first-order valence-electron chi connectivity index (χ1n) is 5.52. The summed E-state index contributed by atoms with van der Waals surface area (Å²) >= 11 is 0. The maximum absolute atomic E-state index is 11.2. The second-order valence-corrected chi connectivity index (χ2v) is 5.92. The fourth-order valence-electron chi connectivity index (χ4n) is 1.82. The number of nitrogens with zero attached hydrogens (tertiary/aromatic N) is 1. The third kappa shape index (κ3) is 3.25. The molecule has 0 aliphatic heterocycles. The van der Waals surface area contributed by atoms with Gasteiger partial charge in [-0.1, -0.05) is 0 Å². The third-order valence-electron chi connectivity index (χ3n) is 2.60. The minimum atomic E-state index is -3.29. The van der Waals surface area contributed by atoms with E-state index >= 15 is 0 Å². The molecule has 6 nitrogen and oxygen atoms in total. The molecule has 19 heavy (non-hydrogen) atoms. The van der Waals surface area contributed by atoms with Crippen LogP contribution in [-0.2, 0) is 26.1 Å². The maximum atomic E-state index is 11.2. The Hall–Kier alpha value is -2.02. The van der Waals surface area contributed by atoms with Gasteiger partial charge in [0, 0.05) is 22.8 Å². The number of carbonyl (C=O) groups is 1. The quantitative estimate of drug-likeness (QED) is 0.854. The van der Waals surface area contributed by atoms with E-state index < -0.39 is 10.0 Å². The van der Waals surface area contributed by atoms with Crippen molar-refractivity contribution in [2.24, 2.45) is 0 Å². The van der Waals surface area contributed by atoms with Crippen molar-refractivity contribution in [3.63, 3.8) is 0 Å². The molecule has 102 valence electrons. The van der Waals surface area contributed by atoms with Crippen LogP contribution in [0, 0.1) is 0 Å². The van der Waals surface area contributed by atoms with Gasteiger partial charge in [-0.05, 0) is 24.3 Å². The van der Waals surface area contributed by atoms with Crippen molar-refractivity contribution < 1.29 is 17.9 Å². The molecule has 0 atom stereocenters. The van der Waals surface area contributed by atoms with E-state index in [2.05, 4.69) is 9.46 Å². The molecular weight excluding hydrogens is 268 g/mol. The van der Waals surface area contributed by atoms with E-state index in [1.165, 1.54) is 7.11 Å². The van der Waals surface area contributed by atoms with Crippen molar-refractivity contribution in [2.75, 3.05) is 18.1 Å². The standard InChI is InChI=1S/C12H14N2O4S/c1-18-12(15)8-14-6-5-9-7-10(3-4-11(9)14)13-19(2,16)17/h3-7,13H,8H2,1-2H3. The van der Waals surface area contributed by atoms with Gasteiger partial charge in [0.05, 0.1) is 13.4 Å². The van der Waals surface area contributed by atoms with Crippen LogP contribution in [0.5, 0.6) is 0 Å². The van der Waals surface area contributed by atoms with E-state index in [1.54, 1.807) is 29.0 Å². The number of fused-ring (bicyclic) bond motifs is 1. The number of sulfonamides is 1. The van der Waals surface area contributed by atoms with Gasteiger partial charge in [-0.25, -0.2) is 8.42 Å². The molecule has 0 bridgehead atoms. The van der Waals surface area contributed by atoms with Crippen LogP contribution in [0.1, 0.15) is 0 Å². The van der Waals surface area contributed by atoms with E-state index in [-0.39, 0.29) is 12.5 Å². The average Bonchev–Trinajstić information content (AvgIpc) is 2.69. The first-order valence-corrected chi connectivity index (χ1v) is 7.42. The van der Waals surface area contributed by atoms with Crippen LogP contribution < -0.4 is 4.72 Å². The largest absolute Gasteiger partial charge is 0.468 e. The summed E-state index contributed by atoms with van der Waals surface area (Å²) in [5.74, 6) is -0.337. The van der Waals surface area contributed by atoms with Crippen LogP contribution in [0.15, 0.2) is 30.5 Å². The first kappa shape index (κ1) is 13.4. The molecule has 0 amide bonds. The number of hydrogen-bond acceptors (Lipinski definition) is 4. The van der Waals surface area contributed by atoms with Gasteiger partial charge in [-0.3, -0.25) is 9.52 Å². The number of esters is 1. The highest BCUT2D eigenvalue weighted by Crippen LogP contribution is 2.21. The number of methoxy groups -OCH3 is 1. The Morgan fingerprint density at radius 3 is 2.74 bits per heavy atom. The van der Waals surface area contributed by atoms with E-state index in [1.807, 2.05) is 6.07 Å².